The Labute approximate surface area is 153 Å². The summed E-state index contributed by atoms with van der Waals surface area (Å²) in [7, 11) is 0. The number of hydrogen-bond acceptors (Lipinski definition) is 5. The van der Waals surface area contributed by atoms with Crippen molar-refractivity contribution < 1.29 is 24.8 Å². The lowest BCUT2D eigenvalue weighted by Gasteiger charge is -2.34. The third-order valence-corrected chi connectivity index (χ3v) is 4.89. The highest BCUT2D eigenvalue weighted by molar-refractivity contribution is 4.98. The largest absolute Gasteiger partial charge is 0.388 e. The van der Waals surface area contributed by atoms with Crippen LogP contribution in [0.15, 0.2) is 11.6 Å². The molecule has 5 unspecified atom stereocenters. The van der Waals surface area contributed by atoms with Crippen molar-refractivity contribution >= 4 is 0 Å². The van der Waals surface area contributed by atoms with Gasteiger partial charge in [-0.15, -0.1) is 0 Å². The Hall–Kier alpha value is -0.460. The maximum Gasteiger partial charge on any atom is 0.186 e. The first-order valence-electron chi connectivity index (χ1n) is 9.74. The molecule has 0 saturated carbocycles. The lowest BCUT2D eigenvalue weighted by molar-refractivity contribution is -0.266. The van der Waals surface area contributed by atoms with Crippen molar-refractivity contribution in [1.82, 2.24) is 0 Å². The highest BCUT2D eigenvalue weighted by atomic mass is 16.7. The van der Waals surface area contributed by atoms with E-state index in [4.69, 9.17) is 9.47 Å². The first kappa shape index (κ1) is 22.6. The SMILES string of the molecule is C/C(=C\COC1OCC(O)C(O)C1O)CCCC(C)CCCC(C)C. The van der Waals surface area contributed by atoms with E-state index in [0.29, 0.717) is 6.61 Å². The van der Waals surface area contributed by atoms with Crippen LogP contribution in [0.1, 0.15) is 66.2 Å². The third kappa shape index (κ3) is 9.15. The Bertz CT molecular complexity index is 382. The molecule has 0 spiro atoms. The van der Waals surface area contributed by atoms with Gasteiger partial charge >= 0.3 is 0 Å². The molecule has 0 bridgehead atoms. The van der Waals surface area contributed by atoms with Crippen LogP contribution < -0.4 is 0 Å². The second kappa shape index (κ2) is 12.0. The minimum atomic E-state index is -1.22. The average molecular weight is 359 g/mol. The molecule has 1 saturated heterocycles. The van der Waals surface area contributed by atoms with Gasteiger partial charge in [0.25, 0.3) is 0 Å². The fourth-order valence-electron chi connectivity index (χ4n) is 3.06. The topological polar surface area (TPSA) is 79.2 Å². The van der Waals surface area contributed by atoms with Crippen LogP contribution in [0.3, 0.4) is 0 Å². The van der Waals surface area contributed by atoms with E-state index >= 15 is 0 Å². The minimum Gasteiger partial charge on any atom is -0.388 e. The number of aliphatic hydroxyl groups excluding tert-OH is 3. The standard InChI is InChI=1S/C20H38O5/c1-14(2)7-5-8-15(3)9-6-10-16(4)11-12-24-20-19(23)18(22)17(21)13-25-20/h11,14-15,17-23H,5-10,12-13H2,1-4H3/b16-11+. The summed E-state index contributed by atoms with van der Waals surface area (Å²) in [5.41, 5.74) is 1.26. The average Bonchev–Trinajstić information content (AvgIpc) is 2.54. The fraction of sp³-hybridized carbons (Fsp3) is 0.900. The third-order valence-electron chi connectivity index (χ3n) is 4.89. The summed E-state index contributed by atoms with van der Waals surface area (Å²) < 4.78 is 10.7. The summed E-state index contributed by atoms with van der Waals surface area (Å²) in [4.78, 5) is 0. The van der Waals surface area contributed by atoms with Gasteiger partial charge in [0.05, 0.1) is 13.2 Å². The molecule has 0 aromatic rings. The highest BCUT2D eigenvalue weighted by Gasteiger charge is 2.37. The maximum atomic E-state index is 9.80. The molecule has 5 nitrogen and oxygen atoms in total. The lowest BCUT2D eigenvalue weighted by Crippen LogP contribution is -2.53. The number of rotatable bonds is 11. The molecule has 1 aliphatic heterocycles. The quantitative estimate of drug-likeness (QED) is 0.495. The number of allylic oxidation sites excluding steroid dienone is 1. The highest BCUT2D eigenvalue weighted by Crippen LogP contribution is 2.20. The molecule has 0 aliphatic carbocycles. The van der Waals surface area contributed by atoms with Crippen LogP contribution in [0.2, 0.25) is 0 Å². The van der Waals surface area contributed by atoms with Crippen LogP contribution in [-0.4, -0.2) is 53.1 Å². The van der Waals surface area contributed by atoms with E-state index in [9.17, 15) is 15.3 Å². The molecule has 1 fully saturated rings. The summed E-state index contributed by atoms with van der Waals surface area (Å²) in [6, 6.07) is 0. The first-order valence-corrected chi connectivity index (χ1v) is 9.74. The van der Waals surface area contributed by atoms with E-state index in [1.165, 1.54) is 37.7 Å². The summed E-state index contributed by atoms with van der Waals surface area (Å²) in [6.45, 7) is 9.29. The summed E-state index contributed by atoms with van der Waals surface area (Å²) in [5.74, 6) is 1.58. The molecule has 1 aliphatic rings. The van der Waals surface area contributed by atoms with Crippen LogP contribution in [0, 0.1) is 11.8 Å². The van der Waals surface area contributed by atoms with Gasteiger partial charge in [-0.3, -0.25) is 0 Å². The normalized spacial score (nSPS) is 29.2. The van der Waals surface area contributed by atoms with Gasteiger partial charge in [-0.2, -0.15) is 0 Å². The Morgan fingerprint density at radius 3 is 2.44 bits per heavy atom. The Morgan fingerprint density at radius 1 is 1.08 bits per heavy atom. The van der Waals surface area contributed by atoms with Crippen molar-refractivity contribution in [2.45, 2.75) is 90.8 Å². The molecular weight excluding hydrogens is 320 g/mol. The van der Waals surface area contributed by atoms with Crippen LogP contribution >= 0.6 is 0 Å². The first-order chi connectivity index (χ1) is 11.8. The van der Waals surface area contributed by atoms with E-state index in [2.05, 4.69) is 27.7 Å². The second-order valence-corrected chi connectivity index (χ2v) is 7.96. The zero-order valence-corrected chi connectivity index (χ0v) is 16.4. The van der Waals surface area contributed by atoms with Gasteiger partial charge in [0, 0.05) is 0 Å². The van der Waals surface area contributed by atoms with E-state index in [0.717, 1.165) is 18.3 Å². The van der Waals surface area contributed by atoms with Crippen molar-refractivity contribution in [2.75, 3.05) is 13.2 Å². The van der Waals surface area contributed by atoms with Gasteiger partial charge in [-0.05, 0) is 31.6 Å². The fourth-order valence-corrected chi connectivity index (χ4v) is 3.06. The molecule has 0 aromatic carbocycles. The molecule has 148 valence electrons. The maximum absolute atomic E-state index is 9.80. The molecule has 1 heterocycles. The van der Waals surface area contributed by atoms with Crippen molar-refractivity contribution in [3.63, 3.8) is 0 Å². The van der Waals surface area contributed by atoms with Gasteiger partial charge in [-0.25, -0.2) is 0 Å². The lowest BCUT2D eigenvalue weighted by atomic mass is 9.94. The van der Waals surface area contributed by atoms with Crippen LogP contribution in [-0.2, 0) is 9.47 Å². The van der Waals surface area contributed by atoms with E-state index in [1.54, 1.807) is 0 Å². The summed E-state index contributed by atoms with van der Waals surface area (Å²) >= 11 is 0. The molecule has 0 radical (unpaired) electrons. The number of ether oxygens (including phenoxy) is 2. The minimum absolute atomic E-state index is 0.0275. The molecule has 1 rings (SSSR count). The molecule has 0 amide bonds. The Kier molecular flexibility index (Phi) is 10.9. The van der Waals surface area contributed by atoms with Crippen molar-refractivity contribution in [3.05, 3.63) is 11.6 Å². The Balaban J connectivity index is 2.15. The molecule has 3 N–H and O–H groups in total. The van der Waals surface area contributed by atoms with Crippen molar-refractivity contribution in [2.24, 2.45) is 11.8 Å². The summed E-state index contributed by atoms with van der Waals surface area (Å²) in [5, 5.41) is 28.8. The van der Waals surface area contributed by atoms with Gasteiger partial charge in [0.2, 0.25) is 0 Å². The molecule has 0 aromatic heterocycles. The molecule has 25 heavy (non-hydrogen) atoms. The number of aliphatic hydroxyl groups is 3. The predicted molar refractivity (Wildman–Crippen MR) is 99.2 cm³/mol. The predicted octanol–water partition coefficient (Wildman–Crippen LogP) is 3.02. The van der Waals surface area contributed by atoms with E-state index < -0.39 is 24.6 Å². The van der Waals surface area contributed by atoms with Crippen molar-refractivity contribution in [3.8, 4) is 0 Å². The van der Waals surface area contributed by atoms with E-state index in [1.807, 2.05) is 6.08 Å². The molecular formula is C20H38O5. The Morgan fingerprint density at radius 2 is 1.76 bits per heavy atom. The monoisotopic (exact) mass is 358 g/mol. The van der Waals surface area contributed by atoms with Gasteiger partial charge in [0.15, 0.2) is 6.29 Å². The van der Waals surface area contributed by atoms with Crippen molar-refractivity contribution in [1.29, 1.82) is 0 Å². The van der Waals surface area contributed by atoms with Gasteiger partial charge in [-0.1, -0.05) is 58.1 Å². The van der Waals surface area contributed by atoms with Crippen LogP contribution in [0.4, 0.5) is 0 Å². The number of hydrogen-bond donors (Lipinski definition) is 3. The molecule has 5 atom stereocenters. The summed E-state index contributed by atoms with van der Waals surface area (Å²) in [6.07, 6.45) is 5.05. The van der Waals surface area contributed by atoms with Gasteiger partial charge < -0.3 is 24.8 Å². The zero-order chi connectivity index (χ0) is 18.8. The second-order valence-electron chi connectivity index (χ2n) is 7.96. The van der Waals surface area contributed by atoms with Crippen LogP contribution in [0.25, 0.3) is 0 Å². The van der Waals surface area contributed by atoms with Crippen LogP contribution in [0.5, 0.6) is 0 Å². The smallest absolute Gasteiger partial charge is 0.186 e. The van der Waals surface area contributed by atoms with E-state index in [-0.39, 0.29) is 6.61 Å². The molecule has 5 heteroatoms. The zero-order valence-electron chi connectivity index (χ0n) is 16.4. The van der Waals surface area contributed by atoms with Gasteiger partial charge in [0.1, 0.15) is 18.3 Å².